The lowest BCUT2D eigenvalue weighted by atomic mass is 10.1. The molecule has 3 rings (SSSR count). The topological polar surface area (TPSA) is 56.0 Å². The monoisotopic (exact) mass is 497 g/mol. The highest BCUT2D eigenvalue weighted by molar-refractivity contribution is 14.0. The van der Waals surface area contributed by atoms with Gasteiger partial charge in [0.25, 0.3) is 0 Å². The molecule has 2 heterocycles. The summed E-state index contributed by atoms with van der Waals surface area (Å²) in [5, 5.41) is 6.57. The first-order chi connectivity index (χ1) is 13.2. The molecule has 7 heteroatoms. The molecule has 6 nitrogen and oxygen atoms in total. The number of rotatable bonds is 7. The maximum atomic E-state index is 5.35. The number of nitrogens with zero attached hydrogens (tertiary/aromatic N) is 3. The fourth-order valence-corrected chi connectivity index (χ4v) is 3.11. The molecule has 1 saturated heterocycles. The average Bonchev–Trinajstić information content (AvgIpc) is 3.21. The molecular formula is C21H32IN5O. The predicted molar refractivity (Wildman–Crippen MR) is 125 cm³/mol. The molecule has 28 heavy (non-hydrogen) atoms. The van der Waals surface area contributed by atoms with Crippen molar-refractivity contribution in [1.82, 2.24) is 20.4 Å². The fraction of sp³-hybridized carbons (Fsp3) is 0.476. The number of halogens is 1. The van der Waals surface area contributed by atoms with Gasteiger partial charge in [0.15, 0.2) is 5.96 Å². The van der Waals surface area contributed by atoms with Crippen LogP contribution in [0.15, 0.2) is 52.1 Å². The van der Waals surface area contributed by atoms with E-state index in [1.165, 1.54) is 11.1 Å². The smallest absolute Gasteiger partial charge is 0.191 e. The van der Waals surface area contributed by atoms with Crippen molar-refractivity contribution in [3.05, 3.63) is 59.5 Å². The second-order valence-corrected chi connectivity index (χ2v) is 7.02. The number of likely N-dealkylation sites (N-methyl/N-ethyl adjacent to an activating group) is 1. The number of guanidine groups is 1. The van der Waals surface area contributed by atoms with Crippen molar-refractivity contribution in [2.75, 3.05) is 39.8 Å². The number of hydrogen-bond acceptors (Lipinski definition) is 4. The molecule has 0 atom stereocenters. The van der Waals surface area contributed by atoms with Crippen molar-refractivity contribution < 1.29 is 4.42 Å². The van der Waals surface area contributed by atoms with Crippen LogP contribution in [-0.4, -0.2) is 55.5 Å². The van der Waals surface area contributed by atoms with Crippen molar-refractivity contribution >= 4 is 29.9 Å². The first-order valence-electron chi connectivity index (χ1n) is 9.76. The zero-order chi connectivity index (χ0) is 18.9. The molecule has 0 bridgehead atoms. The van der Waals surface area contributed by atoms with Gasteiger partial charge in [0.05, 0.1) is 19.4 Å². The lowest BCUT2D eigenvalue weighted by Gasteiger charge is -2.32. The van der Waals surface area contributed by atoms with Crippen molar-refractivity contribution in [1.29, 1.82) is 0 Å². The van der Waals surface area contributed by atoms with Crippen molar-refractivity contribution in [3.8, 4) is 0 Å². The Bertz CT molecular complexity index is 694. The highest BCUT2D eigenvalue weighted by Gasteiger charge is 2.13. The fourth-order valence-electron chi connectivity index (χ4n) is 3.11. The molecule has 154 valence electrons. The van der Waals surface area contributed by atoms with E-state index in [9.17, 15) is 0 Å². The summed E-state index contributed by atoms with van der Waals surface area (Å²) in [6.45, 7) is 9.82. The van der Waals surface area contributed by atoms with Gasteiger partial charge in [-0.25, -0.2) is 4.99 Å². The summed E-state index contributed by atoms with van der Waals surface area (Å²) in [5.74, 6) is 1.70. The number of benzene rings is 1. The van der Waals surface area contributed by atoms with E-state index in [1.807, 2.05) is 12.1 Å². The van der Waals surface area contributed by atoms with Crippen molar-refractivity contribution in [2.45, 2.75) is 26.6 Å². The quantitative estimate of drug-likeness (QED) is 0.350. The summed E-state index contributed by atoms with van der Waals surface area (Å²) in [4.78, 5) is 9.58. The Morgan fingerprint density at radius 3 is 2.39 bits per heavy atom. The molecular weight excluding hydrogens is 465 g/mol. The molecule has 0 amide bonds. The number of nitrogens with one attached hydrogen (secondary N) is 2. The van der Waals surface area contributed by atoms with E-state index in [0.29, 0.717) is 13.1 Å². The highest BCUT2D eigenvalue weighted by atomic mass is 127. The molecule has 1 aliphatic heterocycles. The van der Waals surface area contributed by atoms with E-state index in [1.54, 1.807) is 6.26 Å². The molecule has 0 unspecified atom stereocenters. The Hall–Kier alpha value is -1.58. The highest BCUT2D eigenvalue weighted by Crippen LogP contribution is 2.10. The molecule has 1 aromatic carbocycles. The zero-order valence-corrected chi connectivity index (χ0v) is 19.2. The average molecular weight is 497 g/mol. The van der Waals surface area contributed by atoms with Gasteiger partial charge in [-0.2, -0.15) is 0 Å². The normalized spacial score (nSPS) is 15.9. The van der Waals surface area contributed by atoms with Gasteiger partial charge >= 0.3 is 0 Å². The molecule has 1 aliphatic rings. The first-order valence-corrected chi connectivity index (χ1v) is 9.76. The van der Waals surface area contributed by atoms with Crippen LogP contribution < -0.4 is 10.6 Å². The third kappa shape index (κ3) is 7.44. The van der Waals surface area contributed by atoms with E-state index >= 15 is 0 Å². The maximum Gasteiger partial charge on any atom is 0.191 e. The van der Waals surface area contributed by atoms with Crippen LogP contribution in [0.4, 0.5) is 0 Å². The van der Waals surface area contributed by atoms with E-state index in [-0.39, 0.29) is 24.0 Å². The second kappa shape index (κ2) is 12.1. The van der Waals surface area contributed by atoms with Crippen LogP contribution in [0.25, 0.3) is 0 Å². The lowest BCUT2D eigenvalue weighted by molar-refractivity contribution is 0.148. The van der Waals surface area contributed by atoms with Gasteiger partial charge in [-0.15, -0.1) is 24.0 Å². The SMILES string of the molecule is CCNC(=NCc1ccc(CN2CCN(C)CC2)cc1)NCc1ccco1.I. The third-order valence-corrected chi connectivity index (χ3v) is 4.80. The third-order valence-electron chi connectivity index (χ3n) is 4.80. The minimum absolute atomic E-state index is 0. The lowest BCUT2D eigenvalue weighted by Crippen LogP contribution is -2.43. The number of piperazine rings is 1. The number of hydrogen-bond donors (Lipinski definition) is 2. The second-order valence-electron chi connectivity index (χ2n) is 7.02. The van der Waals surface area contributed by atoms with Crippen molar-refractivity contribution in [2.24, 2.45) is 4.99 Å². The van der Waals surface area contributed by atoms with Gasteiger partial charge in [-0.1, -0.05) is 24.3 Å². The summed E-state index contributed by atoms with van der Waals surface area (Å²) in [7, 11) is 2.19. The van der Waals surface area contributed by atoms with Crippen LogP contribution in [0.5, 0.6) is 0 Å². The number of aliphatic imine (C=N–C) groups is 1. The number of furan rings is 1. The van der Waals surface area contributed by atoms with E-state index in [4.69, 9.17) is 4.42 Å². The Balaban J connectivity index is 0.00000280. The Kier molecular flexibility index (Phi) is 9.80. The van der Waals surface area contributed by atoms with Crippen LogP contribution in [0.3, 0.4) is 0 Å². The molecule has 0 aliphatic carbocycles. The predicted octanol–water partition coefficient (Wildman–Crippen LogP) is 2.90. The molecule has 0 saturated carbocycles. The molecule has 0 radical (unpaired) electrons. The van der Waals surface area contributed by atoms with Gasteiger partial charge in [-0.05, 0) is 37.2 Å². The summed E-state index contributed by atoms with van der Waals surface area (Å²) >= 11 is 0. The van der Waals surface area contributed by atoms with Gasteiger partial charge in [0, 0.05) is 39.3 Å². The minimum atomic E-state index is 0. The maximum absolute atomic E-state index is 5.35. The van der Waals surface area contributed by atoms with Crippen LogP contribution in [0, 0.1) is 0 Å². The molecule has 0 spiro atoms. The zero-order valence-electron chi connectivity index (χ0n) is 16.9. The van der Waals surface area contributed by atoms with Gasteiger partial charge < -0.3 is 20.0 Å². The molecule has 2 N–H and O–H groups in total. The van der Waals surface area contributed by atoms with Gasteiger partial charge in [-0.3, -0.25) is 4.90 Å². The van der Waals surface area contributed by atoms with E-state index < -0.39 is 0 Å². The Morgan fingerprint density at radius 2 is 1.75 bits per heavy atom. The Labute approximate surface area is 185 Å². The molecule has 2 aromatic rings. The summed E-state index contributed by atoms with van der Waals surface area (Å²) in [5.41, 5.74) is 2.59. The first kappa shape index (κ1) is 22.7. The van der Waals surface area contributed by atoms with Crippen LogP contribution >= 0.6 is 24.0 Å². The van der Waals surface area contributed by atoms with Crippen LogP contribution in [0.2, 0.25) is 0 Å². The summed E-state index contributed by atoms with van der Waals surface area (Å²) in [6.07, 6.45) is 1.69. The van der Waals surface area contributed by atoms with Gasteiger partial charge in [0.2, 0.25) is 0 Å². The minimum Gasteiger partial charge on any atom is -0.467 e. The van der Waals surface area contributed by atoms with Gasteiger partial charge in [0.1, 0.15) is 5.76 Å². The Morgan fingerprint density at radius 1 is 1.04 bits per heavy atom. The molecule has 1 fully saturated rings. The largest absolute Gasteiger partial charge is 0.467 e. The molecule has 1 aromatic heterocycles. The standard InChI is InChI=1S/C21H31N5O.HI/c1-3-22-21(24-16-20-5-4-14-27-20)23-15-18-6-8-19(9-7-18)17-26-12-10-25(2)11-13-26;/h4-9,14H,3,10-13,15-17H2,1-2H3,(H2,22,23,24);1H. The van der Waals surface area contributed by atoms with E-state index in [0.717, 1.165) is 51.0 Å². The van der Waals surface area contributed by atoms with Crippen molar-refractivity contribution in [3.63, 3.8) is 0 Å². The van der Waals surface area contributed by atoms with E-state index in [2.05, 4.69) is 63.7 Å². The summed E-state index contributed by atoms with van der Waals surface area (Å²) < 4.78 is 5.35. The van der Waals surface area contributed by atoms with Crippen LogP contribution in [0.1, 0.15) is 23.8 Å². The summed E-state index contributed by atoms with van der Waals surface area (Å²) in [6, 6.07) is 12.7. The van der Waals surface area contributed by atoms with Crippen LogP contribution in [-0.2, 0) is 19.6 Å².